The van der Waals surface area contributed by atoms with Crippen molar-refractivity contribution in [1.82, 2.24) is 15.0 Å². The van der Waals surface area contributed by atoms with E-state index in [2.05, 4.69) is 21.8 Å². The predicted molar refractivity (Wildman–Crippen MR) is 161 cm³/mol. The molecule has 0 saturated heterocycles. The van der Waals surface area contributed by atoms with Gasteiger partial charge >= 0.3 is 0 Å². The first-order valence-electron chi connectivity index (χ1n) is 14.8. The zero-order chi connectivity index (χ0) is 29.9. The van der Waals surface area contributed by atoms with Gasteiger partial charge in [0.1, 0.15) is 22.0 Å². The second-order valence-electron chi connectivity index (χ2n) is 11.1. The normalized spacial score (nSPS) is 16.3. The third-order valence-electron chi connectivity index (χ3n) is 8.03. The van der Waals surface area contributed by atoms with Crippen molar-refractivity contribution in [3.63, 3.8) is 0 Å². The molecule has 1 N–H and O–H groups in total. The molecule has 1 saturated carbocycles. The van der Waals surface area contributed by atoms with E-state index >= 15 is 0 Å². The average molecular weight is 594 g/mol. The predicted octanol–water partition coefficient (Wildman–Crippen LogP) is 6.19. The van der Waals surface area contributed by atoms with Gasteiger partial charge in [0, 0.05) is 23.7 Å². The van der Waals surface area contributed by atoms with Crippen molar-refractivity contribution in [3.05, 3.63) is 53.3 Å². The number of carbonyl (C=O) groups excluding carboxylic acids is 1. The summed E-state index contributed by atoms with van der Waals surface area (Å²) < 4.78 is 40.9. The molecular formula is C31H39N5O5S. The van der Waals surface area contributed by atoms with Gasteiger partial charge < -0.3 is 9.26 Å². The number of rotatable bonds is 12. The van der Waals surface area contributed by atoms with Crippen LogP contribution < -0.4 is 9.46 Å². The molecule has 224 valence electrons. The smallest absolute Gasteiger partial charge is 0.266 e. The van der Waals surface area contributed by atoms with E-state index in [1.807, 2.05) is 30.0 Å². The van der Waals surface area contributed by atoms with Crippen molar-refractivity contribution in [2.45, 2.75) is 96.0 Å². The van der Waals surface area contributed by atoms with Gasteiger partial charge in [-0.15, -0.1) is 0 Å². The minimum atomic E-state index is -4.07. The number of ether oxygens (including phenoxy) is 1. The van der Waals surface area contributed by atoms with Gasteiger partial charge in [-0.2, -0.15) is 0 Å². The van der Waals surface area contributed by atoms with Crippen molar-refractivity contribution in [2.75, 3.05) is 11.3 Å². The zero-order valence-electron chi connectivity index (χ0n) is 24.8. The Morgan fingerprint density at radius 3 is 2.60 bits per heavy atom. The van der Waals surface area contributed by atoms with E-state index < -0.39 is 15.6 Å². The lowest BCUT2D eigenvalue weighted by molar-refractivity contribution is -0.131. The van der Waals surface area contributed by atoms with E-state index in [-0.39, 0.29) is 22.4 Å². The quantitative estimate of drug-likeness (QED) is 0.265. The maximum atomic E-state index is 13.7. The monoisotopic (exact) mass is 593 g/mol. The highest BCUT2D eigenvalue weighted by molar-refractivity contribution is 7.92. The number of sulfonamides is 1. The first kappa shape index (κ1) is 29.8. The second kappa shape index (κ2) is 12.2. The molecule has 1 amide bonds. The lowest BCUT2D eigenvalue weighted by atomic mass is 9.98. The number of pyridine rings is 1. The Bertz CT molecular complexity index is 1590. The minimum Gasteiger partial charge on any atom is -0.493 e. The molecule has 0 bridgehead atoms. The Kier molecular flexibility index (Phi) is 8.68. The molecule has 1 aliphatic heterocycles. The van der Waals surface area contributed by atoms with Crippen molar-refractivity contribution < 1.29 is 22.5 Å². The van der Waals surface area contributed by atoms with E-state index in [0.717, 1.165) is 62.8 Å². The van der Waals surface area contributed by atoms with Crippen LogP contribution >= 0.6 is 0 Å². The highest BCUT2D eigenvalue weighted by Gasteiger charge is 2.49. The fourth-order valence-corrected chi connectivity index (χ4v) is 6.79. The standard InChI is InChI=1S/C31H39N5O5S/c1-5-7-12-27-33-31(15-8-9-16-31)30(37)36(27)20-23-13-14-24(25(19-23)40-18-6-2)28-26(11-10-17-32-28)42(38,39)35-29-21(3)22(4)34-41-29/h10-11,13-14,17,19,35H,5-9,12,15-16,18,20H2,1-4H3. The van der Waals surface area contributed by atoms with Crippen LogP contribution in [-0.2, 0) is 21.4 Å². The molecule has 5 rings (SSSR count). The number of nitrogens with zero attached hydrogens (tertiary/aromatic N) is 4. The van der Waals surface area contributed by atoms with Crippen LogP contribution in [0, 0.1) is 13.8 Å². The Balaban J connectivity index is 1.49. The number of amides is 1. The minimum absolute atomic E-state index is 0.0144. The zero-order valence-corrected chi connectivity index (χ0v) is 25.6. The average Bonchev–Trinajstić information content (AvgIpc) is 3.66. The number of anilines is 1. The van der Waals surface area contributed by atoms with E-state index in [1.54, 1.807) is 26.1 Å². The van der Waals surface area contributed by atoms with Gasteiger partial charge in [0.2, 0.25) is 5.88 Å². The van der Waals surface area contributed by atoms with Gasteiger partial charge in [-0.3, -0.25) is 19.7 Å². The Morgan fingerprint density at radius 2 is 1.90 bits per heavy atom. The molecule has 1 fully saturated rings. The highest BCUT2D eigenvalue weighted by atomic mass is 32.2. The van der Waals surface area contributed by atoms with Gasteiger partial charge in [0.25, 0.3) is 15.9 Å². The molecule has 1 spiro atoms. The highest BCUT2D eigenvalue weighted by Crippen LogP contribution is 2.41. The molecule has 1 aromatic carbocycles. The van der Waals surface area contributed by atoms with Crippen molar-refractivity contribution in [2.24, 2.45) is 4.99 Å². The van der Waals surface area contributed by atoms with Crippen LogP contribution in [0.1, 0.15) is 82.0 Å². The maximum Gasteiger partial charge on any atom is 0.266 e. The number of aryl methyl sites for hydroxylation is 1. The summed E-state index contributed by atoms with van der Waals surface area (Å²) in [5, 5.41) is 3.85. The number of nitrogens with one attached hydrogen (secondary N) is 1. The van der Waals surface area contributed by atoms with Crippen LogP contribution in [0.5, 0.6) is 5.75 Å². The third-order valence-corrected chi connectivity index (χ3v) is 9.39. The number of aliphatic imine (C=N–C) groups is 1. The molecule has 11 heteroatoms. The molecule has 2 aliphatic rings. The van der Waals surface area contributed by atoms with Crippen LogP contribution in [0.25, 0.3) is 11.3 Å². The first-order valence-corrected chi connectivity index (χ1v) is 16.2. The number of carbonyl (C=O) groups is 1. The number of hydrogen-bond acceptors (Lipinski definition) is 8. The second-order valence-corrected chi connectivity index (χ2v) is 12.8. The fraction of sp³-hybridized carbons (Fsp3) is 0.484. The third kappa shape index (κ3) is 5.79. The van der Waals surface area contributed by atoms with Gasteiger partial charge in [0.05, 0.1) is 24.5 Å². The number of aromatic nitrogens is 2. The summed E-state index contributed by atoms with van der Waals surface area (Å²) >= 11 is 0. The van der Waals surface area contributed by atoms with E-state index in [1.165, 1.54) is 6.07 Å². The summed E-state index contributed by atoms with van der Waals surface area (Å²) in [7, 11) is -4.07. The van der Waals surface area contributed by atoms with Crippen LogP contribution in [-0.4, -0.2) is 47.3 Å². The summed E-state index contributed by atoms with van der Waals surface area (Å²) in [4.78, 5) is 25.0. The lowest BCUT2D eigenvalue weighted by Gasteiger charge is -2.23. The van der Waals surface area contributed by atoms with Crippen molar-refractivity contribution in [3.8, 4) is 17.0 Å². The summed E-state index contributed by atoms with van der Waals surface area (Å²) in [6.45, 7) is 8.44. The van der Waals surface area contributed by atoms with Gasteiger partial charge in [-0.25, -0.2) is 13.1 Å². The Labute approximate surface area is 247 Å². The maximum absolute atomic E-state index is 13.7. The molecule has 3 aromatic rings. The van der Waals surface area contributed by atoms with E-state index in [4.69, 9.17) is 14.3 Å². The largest absolute Gasteiger partial charge is 0.493 e. The Morgan fingerprint density at radius 1 is 1.12 bits per heavy atom. The molecular weight excluding hydrogens is 554 g/mol. The van der Waals surface area contributed by atoms with Gasteiger partial charge in [-0.05, 0) is 69.4 Å². The molecule has 42 heavy (non-hydrogen) atoms. The summed E-state index contributed by atoms with van der Waals surface area (Å²) in [6, 6.07) is 8.69. The number of amidine groups is 1. The molecule has 0 atom stereocenters. The number of benzene rings is 1. The topological polar surface area (TPSA) is 127 Å². The molecule has 0 radical (unpaired) electrons. The van der Waals surface area contributed by atoms with Crippen LogP contribution in [0.15, 0.2) is 50.9 Å². The fourth-order valence-electron chi connectivity index (χ4n) is 5.57. The molecule has 1 aliphatic carbocycles. The van der Waals surface area contributed by atoms with Gasteiger partial charge in [0.15, 0.2) is 0 Å². The summed E-state index contributed by atoms with van der Waals surface area (Å²) in [6.07, 6.45) is 8.74. The van der Waals surface area contributed by atoms with E-state index in [0.29, 0.717) is 35.7 Å². The Hall–Kier alpha value is -3.73. The molecule has 0 unspecified atom stereocenters. The molecule has 2 aromatic heterocycles. The molecule has 10 nitrogen and oxygen atoms in total. The first-order chi connectivity index (χ1) is 20.2. The number of unbranched alkanes of at least 4 members (excludes halogenated alkanes) is 1. The summed E-state index contributed by atoms with van der Waals surface area (Å²) in [5.41, 5.74) is 2.28. The van der Waals surface area contributed by atoms with E-state index in [9.17, 15) is 13.2 Å². The van der Waals surface area contributed by atoms with Gasteiger partial charge in [-0.1, -0.05) is 44.3 Å². The summed E-state index contributed by atoms with van der Waals surface area (Å²) in [5.74, 6) is 1.53. The lowest BCUT2D eigenvalue weighted by Crippen LogP contribution is -2.40. The van der Waals surface area contributed by atoms with Crippen LogP contribution in [0.3, 0.4) is 0 Å². The number of hydrogen-bond donors (Lipinski definition) is 1. The SMILES string of the molecule is CCCCC1=NC2(CCCC2)C(=O)N1Cc1ccc(-c2ncccc2S(=O)(=O)Nc2onc(C)c2C)c(OCCC)c1. The van der Waals surface area contributed by atoms with Crippen molar-refractivity contribution in [1.29, 1.82) is 0 Å². The van der Waals surface area contributed by atoms with Crippen LogP contribution in [0.2, 0.25) is 0 Å². The van der Waals surface area contributed by atoms with Crippen LogP contribution in [0.4, 0.5) is 5.88 Å². The van der Waals surface area contributed by atoms with Crippen molar-refractivity contribution >= 4 is 27.7 Å². The molecule has 3 heterocycles.